The molecule has 2 N–H and O–H groups in total. The molecule has 0 aliphatic heterocycles. The molecule has 0 bridgehead atoms. The normalized spacial score (nSPS) is 10.5. The van der Waals surface area contributed by atoms with E-state index in [1.165, 1.54) is 5.56 Å². The number of nitrogens with zero attached hydrogens (tertiary/aromatic N) is 2. The van der Waals surface area contributed by atoms with Crippen molar-refractivity contribution in [1.29, 1.82) is 0 Å². The summed E-state index contributed by atoms with van der Waals surface area (Å²) in [4.78, 5) is 21.2. The molecule has 0 saturated heterocycles. The van der Waals surface area contributed by atoms with Gasteiger partial charge in [0.2, 0.25) is 5.95 Å². The standard InChI is InChI=1S/C21H21ClN4O/c1-13-4-9-18(14(2)10-13)25-21-24-15(3)11-19(26-21)20(27)23-12-16-5-7-17(22)8-6-16/h4-11H,12H2,1-3H3,(H,23,27)(H,24,25,26). The maximum Gasteiger partial charge on any atom is 0.270 e. The topological polar surface area (TPSA) is 66.9 Å². The van der Waals surface area contributed by atoms with Crippen LogP contribution in [-0.4, -0.2) is 15.9 Å². The highest BCUT2D eigenvalue weighted by atomic mass is 35.5. The fourth-order valence-electron chi connectivity index (χ4n) is 2.69. The number of rotatable bonds is 5. The summed E-state index contributed by atoms with van der Waals surface area (Å²) < 4.78 is 0. The third kappa shape index (κ3) is 5.05. The number of aryl methyl sites for hydroxylation is 3. The predicted octanol–water partition coefficient (Wildman–Crippen LogP) is 4.73. The molecule has 3 aromatic rings. The van der Waals surface area contributed by atoms with Gasteiger partial charge in [-0.3, -0.25) is 4.79 Å². The van der Waals surface area contributed by atoms with Crippen molar-refractivity contribution < 1.29 is 4.79 Å². The van der Waals surface area contributed by atoms with Gasteiger partial charge in [0.25, 0.3) is 5.91 Å². The Labute approximate surface area is 163 Å². The van der Waals surface area contributed by atoms with E-state index in [1.54, 1.807) is 18.2 Å². The molecule has 0 aliphatic rings. The minimum absolute atomic E-state index is 0.251. The van der Waals surface area contributed by atoms with Crippen LogP contribution < -0.4 is 10.6 Å². The molecule has 0 saturated carbocycles. The van der Waals surface area contributed by atoms with E-state index in [-0.39, 0.29) is 5.91 Å². The van der Waals surface area contributed by atoms with Crippen molar-refractivity contribution in [2.24, 2.45) is 0 Å². The van der Waals surface area contributed by atoms with Gasteiger partial charge in [-0.15, -0.1) is 0 Å². The van der Waals surface area contributed by atoms with E-state index in [2.05, 4.69) is 26.7 Å². The fourth-order valence-corrected chi connectivity index (χ4v) is 2.82. The lowest BCUT2D eigenvalue weighted by Crippen LogP contribution is -2.24. The van der Waals surface area contributed by atoms with Crippen LogP contribution in [0.4, 0.5) is 11.6 Å². The Bertz CT molecular complexity index is 970. The largest absolute Gasteiger partial charge is 0.347 e. The van der Waals surface area contributed by atoms with Crippen LogP contribution in [0, 0.1) is 20.8 Å². The molecule has 0 unspecified atom stereocenters. The Hall–Kier alpha value is -2.92. The van der Waals surface area contributed by atoms with Crippen LogP contribution in [0.1, 0.15) is 32.9 Å². The van der Waals surface area contributed by atoms with Crippen molar-refractivity contribution in [1.82, 2.24) is 15.3 Å². The van der Waals surface area contributed by atoms with E-state index in [4.69, 9.17) is 11.6 Å². The zero-order valence-electron chi connectivity index (χ0n) is 15.5. The molecule has 1 aromatic heterocycles. The van der Waals surface area contributed by atoms with E-state index in [0.29, 0.717) is 28.9 Å². The van der Waals surface area contributed by atoms with Crippen molar-refractivity contribution in [2.75, 3.05) is 5.32 Å². The molecule has 3 rings (SSSR count). The number of nitrogens with one attached hydrogen (secondary N) is 2. The first-order valence-corrected chi connectivity index (χ1v) is 9.01. The molecule has 0 atom stereocenters. The van der Waals surface area contributed by atoms with Gasteiger partial charge in [-0.1, -0.05) is 41.4 Å². The zero-order chi connectivity index (χ0) is 19.4. The Morgan fingerprint density at radius 2 is 1.74 bits per heavy atom. The second kappa shape index (κ2) is 8.18. The number of anilines is 2. The van der Waals surface area contributed by atoms with Gasteiger partial charge in [0, 0.05) is 22.9 Å². The molecule has 6 heteroatoms. The molecule has 1 amide bonds. The highest BCUT2D eigenvalue weighted by Crippen LogP contribution is 2.20. The predicted molar refractivity (Wildman–Crippen MR) is 109 cm³/mol. The number of carbonyl (C=O) groups excluding carboxylic acids is 1. The van der Waals surface area contributed by atoms with E-state index < -0.39 is 0 Å². The maximum absolute atomic E-state index is 12.5. The van der Waals surface area contributed by atoms with Crippen molar-refractivity contribution in [3.05, 3.63) is 81.6 Å². The van der Waals surface area contributed by atoms with Crippen LogP contribution >= 0.6 is 11.6 Å². The average molecular weight is 381 g/mol. The number of amides is 1. The third-order valence-electron chi connectivity index (χ3n) is 4.08. The van der Waals surface area contributed by atoms with E-state index in [9.17, 15) is 4.79 Å². The van der Waals surface area contributed by atoms with Crippen LogP contribution in [0.3, 0.4) is 0 Å². The lowest BCUT2D eigenvalue weighted by Gasteiger charge is -2.11. The molecule has 138 valence electrons. The summed E-state index contributed by atoms with van der Waals surface area (Å²) in [6.45, 7) is 6.30. The van der Waals surface area contributed by atoms with Gasteiger partial charge in [-0.2, -0.15) is 0 Å². The summed E-state index contributed by atoms with van der Waals surface area (Å²) in [6.07, 6.45) is 0. The summed E-state index contributed by atoms with van der Waals surface area (Å²) in [5, 5.41) is 6.74. The van der Waals surface area contributed by atoms with E-state index in [1.807, 2.05) is 45.0 Å². The van der Waals surface area contributed by atoms with Crippen molar-refractivity contribution >= 4 is 29.1 Å². The number of aromatic nitrogens is 2. The van der Waals surface area contributed by atoms with E-state index >= 15 is 0 Å². The summed E-state index contributed by atoms with van der Waals surface area (Å²) in [5.41, 5.74) is 5.20. The number of benzene rings is 2. The molecule has 1 heterocycles. The first kappa shape index (κ1) is 18.9. The Morgan fingerprint density at radius 3 is 2.44 bits per heavy atom. The van der Waals surface area contributed by atoms with E-state index in [0.717, 1.165) is 16.8 Å². The van der Waals surface area contributed by atoms with Crippen molar-refractivity contribution in [3.63, 3.8) is 0 Å². The summed E-state index contributed by atoms with van der Waals surface area (Å²) in [7, 11) is 0. The van der Waals surface area contributed by atoms with Gasteiger partial charge < -0.3 is 10.6 Å². The summed E-state index contributed by atoms with van der Waals surface area (Å²) >= 11 is 5.88. The minimum atomic E-state index is -0.251. The second-order valence-corrected chi connectivity index (χ2v) is 6.91. The SMILES string of the molecule is Cc1ccc(Nc2nc(C)cc(C(=O)NCc3ccc(Cl)cc3)n2)c(C)c1. The maximum atomic E-state index is 12.5. The molecule has 27 heavy (non-hydrogen) atoms. The Kier molecular flexibility index (Phi) is 5.72. The van der Waals surface area contributed by atoms with Gasteiger partial charge in [-0.05, 0) is 56.2 Å². The first-order chi connectivity index (χ1) is 12.9. The zero-order valence-corrected chi connectivity index (χ0v) is 16.3. The van der Waals surface area contributed by atoms with Crippen LogP contribution in [0.2, 0.25) is 5.02 Å². The molecule has 0 fully saturated rings. The number of hydrogen-bond donors (Lipinski definition) is 2. The Morgan fingerprint density at radius 1 is 1.00 bits per heavy atom. The Balaban J connectivity index is 1.73. The quantitative estimate of drug-likeness (QED) is 0.671. The third-order valence-corrected chi connectivity index (χ3v) is 4.33. The number of hydrogen-bond acceptors (Lipinski definition) is 4. The van der Waals surface area contributed by atoms with Crippen LogP contribution in [0.25, 0.3) is 0 Å². The fraction of sp³-hybridized carbons (Fsp3) is 0.190. The van der Waals surface area contributed by atoms with Crippen molar-refractivity contribution in [2.45, 2.75) is 27.3 Å². The van der Waals surface area contributed by atoms with Crippen LogP contribution in [0.5, 0.6) is 0 Å². The van der Waals surface area contributed by atoms with Crippen LogP contribution in [-0.2, 0) is 6.54 Å². The van der Waals surface area contributed by atoms with Gasteiger partial charge in [0.15, 0.2) is 0 Å². The minimum Gasteiger partial charge on any atom is -0.347 e. The lowest BCUT2D eigenvalue weighted by atomic mass is 10.1. The van der Waals surface area contributed by atoms with Crippen LogP contribution in [0.15, 0.2) is 48.5 Å². The molecule has 0 aliphatic carbocycles. The molecule has 0 spiro atoms. The molecule has 0 radical (unpaired) electrons. The smallest absolute Gasteiger partial charge is 0.270 e. The van der Waals surface area contributed by atoms with Crippen molar-refractivity contribution in [3.8, 4) is 0 Å². The average Bonchev–Trinajstić information content (AvgIpc) is 2.63. The van der Waals surface area contributed by atoms with Gasteiger partial charge in [-0.25, -0.2) is 9.97 Å². The van der Waals surface area contributed by atoms with Gasteiger partial charge in [0.1, 0.15) is 5.69 Å². The highest BCUT2D eigenvalue weighted by Gasteiger charge is 2.11. The lowest BCUT2D eigenvalue weighted by molar-refractivity contribution is 0.0945. The second-order valence-electron chi connectivity index (χ2n) is 6.47. The van der Waals surface area contributed by atoms with Gasteiger partial charge in [0.05, 0.1) is 0 Å². The molecular weight excluding hydrogens is 360 g/mol. The number of halogens is 1. The first-order valence-electron chi connectivity index (χ1n) is 8.63. The summed E-state index contributed by atoms with van der Waals surface area (Å²) in [6, 6.07) is 15.1. The van der Waals surface area contributed by atoms with Gasteiger partial charge >= 0.3 is 0 Å². The molecule has 2 aromatic carbocycles. The monoisotopic (exact) mass is 380 g/mol. The highest BCUT2D eigenvalue weighted by molar-refractivity contribution is 6.30. The molecular formula is C21H21ClN4O. The number of carbonyl (C=O) groups is 1. The molecule has 5 nitrogen and oxygen atoms in total. The summed E-state index contributed by atoms with van der Waals surface area (Å²) in [5.74, 6) is 0.151.